The summed E-state index contributed by atoms with van der Waals surface area (Å²) < 4.78 is 15.4. The van der Waals surface area contributed by atoms with Gasteiger partial charge >= 0.3 is 5.97 Å². The van der Waals surface area contributed by atoms with E-state index in [-0.39, 0.29) is 25.2 Å². The number of hydrogen-bond donors (Lipinski definition) is 1. The van der Waals surface area contributed by atoms with Gasteiger partial charge in [0.15, 0.2) is 13.2 Å². The quantitative estimate of drug-likeness (QED) is 0.684. The van der Waals surface area contributed by atoms with E-state index in [1.165, 1.54) is 0 Å². The fraction of sp³-hybridized carbons (Fsp3) is 0.444. The Bertz CT molecular complexity index is 727. The molecule has 0 saturated carbocycles. The molecular formula is C18H23N3O5. The second-order valence-electron chi connectivity index (χ2n) is 5.88. The van der Waals surface area contributed by atoms with Crippen LogP contribution in [0.15, 0.2) is 28.8 Å². The smallest absolute Gasteiger partial charge is 0.338 e. The van der Waals surface area contributed by atoms with Crippen LogP contribution in [0.3, 0.4) is 0 Å². The van der Waals surface area contributed by atoms with Crippen molar-refractivity contribution in [3.8, 4) is 5.75 Å². The fourth-order valence-electron chi connectivity index (χ4n) is 2.27. The van der Waals surface area contributed by atoms with Crippen molar-refractivity contribution in [2.45, 2.75) is 46.3 Å². The molecule has 2 rings (SSSR count). The van der Waals surface area contributed by atoms with Crippen LogP contribution in [-0.4, -0.2) is 34.7 Å². The van der Waals surface area contributed by atoms with Gasteiger partial charge in [0.25, 0.3) is 5.91 Å². The molecule has 1 unspecified atom stereocenters. The van der Waals surface area contributed by atoms with Gasteiger partial charge in [0.1, 0.15) is 5.75 Å². The molecule has 1 N–H and O–H groups in total. The topological polar surface area (TPSA) is 104 Å². The van der Waals surface area contributed by atoms with E-state index < -0.39 is 5.97 Å². The molecule has 140 valence electrons. The van der Waals surface area contributed by atoms with Crippen LogP contribution >= 0.6 is 0 Å². The lowest BCUT2D eigenvalue weighted by Gasteiger charge is -2.12. The van der Waals surface area contributed by atoms with E-state index in [2.05, 4.69) is 15.5 Å². The Kier molecular flexibility index (Phi) is 7.13. The van der Waals surface area contributed by atoms with Crippen molar-refractivity contribution in [3.05, 3.63) is 41.5 Å². The van der Waals surface area contributed by atoms with Crippen LogP contribution < -0.4 is 10.1 Å². The maximum absolute atomic E-state index is 12.0. The average Bonchev–Trinajstić information content (AvgIpc) is 3.04. The van der Waals surface area contributed by atoms with E-state index in [1.54, 1.807) is 31.2 Å². The van der Waals surface area contributed by atoms with E-state index >= 15 is 0 Å². The van der Waals surface area contributed by atoms with Crippen molar-refractivity contribution in [1.29, 1.82) is 0 Å². The summed E-state index contributed by atoms with van der Waals surface area (Å²) in [6.45, 7) is 5.51. The summed E-state index contributed by atoms with van der Waals surface area (Å²) in [4.78, 5) is 27.7. The van der Waals surface area contributed by atoms with Gasteiger partial charge in [-0.25, -0.2) is 4.79 Å². The first kappa shape index (κ1) is 19.4. The normalized spacial score (nSPS) is 11.7. The first-order chi connectivity index (χ1) is 12.5. The zero-order valence-corrected chi connectivity index (χ0v) is 15.2. The molecule has 0 saturated heterocycles. The lowest BCUT2D eigenvalue weighted by atomic mass is 10.2. The van der Waals surface area contributed by atoms with Crippen LogP contribution in [-0.2, 0) is 16.1 Å². The van der Waals surface area contributed by atoms with Gasteiger partial charge in [0, 0.05) is 13.0 Å². The summed E-state index contributed by atoms with van der Waals surface area (Å²) in [6, 6.07) is 6.46. The first-order valence-corrected chi connectivity index (χ1v) is 8.46. The molecule has 0 spiro atoms. The second-order valence-corrected chi connectivity index (χ2v) is 5.88. The van der Waals surface area contributed by atoms with Gasteiger partial charge in [-0.3, -0.25) is 4.79 Å². The Balaban J connectivity index is 1.77. The maximum Gasteiger partial charge on any atom is 0.338 e. The zero-order chi connectivity index (χ0) is 18.9. The molecule has 0 fully saturated rings. The van der Waals surface area contributed by atoms with Crippen LogP contribution in [0, 0.1) is 6.92 Å². The maximum atomic E-state index is 12.0. The van der Waals surface area contributed by atoms with E-state index in [4.69, 9.17) is 14.0 Å². The van der Waals surface area contributed by atoms with Gasteiger partial charge in [-0.1, -0.05) is 18.5 Å². The minimum atomic E-state index is -0.566. The third-order valence-electron chi connectivity index (χ3n) is 3.49. The highest BCUT2D eigenvalue weighted by atomic mass is 16.5. The number of aromatic nitrogens is 2. The molecule has 2 aromatic rings. The highest BCUT2D eigenvalue weighted by molar-refractivity contribution is 5.91. The Morgan fingerprint density at radius 3 is 2.62 bits per heavy atom. The molecule has 0 bridgehead atoms. The van der Waals surface area contributed by atoms with Gasteiger partial charge in [0.05, 0.1) is 5.56 Å². The second kappa shape index (κ2) is 9.55. The van der Waals surface area contributed by atoms with Crippen LogP contribution in [0.1, 0.15) is 48.8 Å². The summed E-state index contributed by atoms with van der Waals surface area (Å²) >= 11 is 0. The Labute approximate surface area is 151 Å². The molecule has 8 heteroatoms. The fourth-order valence-corrected chi connectivity index (χ4v) is 2.27. The predicted molar refractivity (Wildman–Crippen MR) is 92.6 cm³/mol. The first-order valence-electron chi connectivity index (χ1n) is 8.46. The molecule has 1 aromatic carbocycles. The third kappa shape index (κ3) is 6.19. The molecular weight excluding hydrogens is 338 g/mol. The average molecular weight is 361 g/mol. The zero-order valence-electron chi connectivity index (χ0n) is 15.2. The van der Waals surface area contributed by atoms with Crippen LogP contribution in [0.2, 0.25) is 0 Å². The number of carbonyl (C=O) groups is 2. The molecule has 1 atom stereocenters. The number of rotatable bonds is 9. The van der Waals surface area contributed by atoms with E-state index in [0.717, 1.165) is 12.8 Å². The van der Waals surface area contributed by atoms with Gasteiger partial charge in [-0.05, 0) is 37.6 Å². The number of aryl methyl sites for hydroxylation is 1. The summed E-state index contributed by atoms with van der Waals surface area (Å²) in [6.07, 6.45) is 1.85. The molecule has 26 heavy (non-hydrogen) atoms. The Morgan fingerprint density at radius 1 is 1.27 bits per heavy atom. The molecule has 1 aromatic heterocycles. The largest absolute Gasteiger partial charge is 0.485 e. The molecule has 1 amide bonds. The van der Waals surface area contributed by atoms with E-state index in [9.17, 15) is 9.59 Å². The number of ether oxygens (including phenoxy) is 2. The predicted octanol–water partition coefficient (Wildman–Crippen LogP) is 2.42. The number of amides is 1. The van der Waals surface area contributed by atoms with Gasteiger partial charge in [-0.2, -0.15) is 4.98 Å². The Morgan fingerprint density at radius 2 is 2.00 bits per heavy atom. The molecule has 8 nitrogen and oxygen atoms in total. The molecule has 0 radical (unpaired) electrons. The molecule has 0 aliphatic heterocycles. The molecule has 0 aliphatic rings. The summed E-state index contributed by atoms with van der Waals surface area (Å²) in [5.41, 5.74) is 0.335. The summed E-state index contributed by atoms with van der Waals surface area (Å²) in [5.74, 6) is 0.581. The van der Waals surface area contributed by atoms with Crippen LogP contribution in [0.4, 0.5) is 0 Å². The molecule has 0 aliphatic carbocycles. The number of nitrogens with one attached hydrogen (secondary N) is 1. The highest BCUT2D eigenvalue weighted by Gasteiger charge is 2.12. The monoisotopic (exact) mass is 361 g/mol. The summed E-state index contributed by atoms with van der Waals surface area (Å²) in [7, 11) is 0. The van der Waals surface area contributed by atoms with Crippen molar-refractivity contribution in [1.82, 2.24) is 15.5 Å². The SMILES string of the molecule is CCCC(C)NC(=O)COC(=O)c1ccc(OCc2noc(C)n2)cc1. The highest BCUT2D eigenvalue weighted by Crippen LogP contribution is 2.14. The standard InChI is InChI=1S/C18H23N3O5/c1-4-5-12(2)19-17(22)11-25-18(23)14-6-8-15(9-7-14)24-10-16-20-13(3)26-21-16/h6-9,12H,4-5,10-11H2,1-3H3,(H,19,22). The number of nitrogens with zero attached hydrogens (tertiary/aromatic N) is 2. The minimum absolute atomic E-state index is 0.0608. The van der Waals surface area contributed by atoms with Crippen LogP contribution in [0.25, 0.3) is 0 Å². The summed E-state index contributed by atoms with van der Waals surface area (Å²) in [5, 5.41) is 6.50. The van der Waals surface area contributed by atoms with Crippen molar-refractivity contribution >= 4 is 11.9 Å². The van der Waals surface area contributed by atoms with Crippen molar-refractivity contribution in [3.63, 3.8) is 0 Å². The lowest BCUT2D eigenvalue weighted by Crippen LogP contribution is -2.35. The van der Waals surface area contributed by atoms with Gasteiger partial charge in [0.2, 0.25) is 11.7 Å². The van der Waals surface area contributed by atoms with E-state index in [1.807, 2.05) is 13.8 Å². The van der Waals surface area contributed by atoms with Crippen molar-refractivity contribution in [2.75, 3.05) is 6.61 Å². The van der Waals surface area contributed by atoms with Crippen molar-refractivity contribution < 1.29 is 23.6 Å². The number of benzene rings is 1. The van der Waals surface area contributed by atoms with Crippen LogP contribution in [0.5, 0.6) is 5.75 Å². The third-order valence-corrected chi connectivity index (χ3v) is 3.49. The Hall–Kier alpha value is -2.90. The van der Waals surface area contributed by atoms with Crippen molar-refractivity contribution in [2.24, 2.45) is 0 Å². The van der Waals surface area contributed by atoms with Gasteiger partial charge < -0.3 is 19.3 Å². The number of hydrogen-bond acceptors (Lipinski definition) is 7. The lowest BCUT2D eigenvalue weighted by molar-refractivity contribution is -0.124. The number of carbonyl (C=O) groups excluding carboxylic acids is 2. The number of esters is 1. The van der Waals surface area contributed by atoms with E-state index in [0.29, 0.717) is 23.0 Å². The molecule has 1 heterocycles. The van der Waals surface area contributed by atoms with Gasteiger partial charge in [-0.15, -0.1) is 0 Å². The minimum Gasteiger partial charge on any atom is -0.485 e.